The molecule has 28 heavy (non-hydrogen) atoms. The minimum absolute atomic E-state index is 0.0240. The molecule has 152 valence electrons. The van der Waals surface area contributed by atoms with Crippen LogP contribution in [0.15, 0.2) is 30.4 Å². The van der Waals surface area contributed by atoms with Crippen LogP contribution in [0.3, 0.4) is 0 Å². The second kappa shape index (κ2) is 7.49. The second-order valence-electron chi connectivity index (χ2n) is 7.68. The summed E-state index contributed by atoms with van der Waals surface area (Å²) in [4.78, 5) is 25.8. The zero-order valence-electron chi connectivity index (χ0n) is 17.0. The molecule has 1 aromatic carbocycles. The van der Waals surface area contributed by atoms with Crippen LogP contribution >= 0.6 is 0 Å². The van der Waals surface area contributed by atoms with E-state index in [1.54, 1.807) is 21.0 Å². The van der Waals surface area contributed by atoms with Crippen molar-refractivity contribution in [2.75, 3.05) is 20.3 Å². The number of hydrogen-bond acceptors (Lipinski definition) is 6. The third-order valence-electron chi connectivity index (χ3n) is 5.78. The predicted octanol–water partition coefficient (Wildman–Crippen LogP) is 3.47. The van der Waals surface area contributed by atoms with E-state index in [-0.39, 0.29) is 32.0 Å². The summed E-state index contributed by atoms with van der Waals surface area (Å²) >= 11 is 0. The van der Waals surface area contributed by atoms with E-state index in [1.165, 1.54) is 0 Å². The van der Waals surface area contributed by atoms with Gasteiger partial charge in [0.1, 0.15) is 17.1 Å². The minimum Gasteiger partial charge on any atom is -0.497 e. The van der Waals surface area contributed by atoms with Gasteiger partial charge in [-0.1, -0.05) is 12.2 Å². The Hall–Kier alpha value is -2.50. The minimum atomic E-state index is -1.43. The maximum atomic E-state index is 12.9. The first-order valence-corrected chi connectivity index (χ1v) is 9.67. The van der Waals surface area contributed by atoms with Gasteiger partial charge in [-0.25, -0.2) is 0 Å². The van der Waals surface area contributed by atoms with Crippen LogP contribution in [0.5, 0.6) is 11.5 Å². The van der Waals surface area contributed by atoms with Crippen molar-refractivity contribution in [3.63, 3.8) is 0 Å². The molecule has 3 rings (SSSR count). The Labute approximate surface area is 165 Å². The Morgan fingerprint density at radius 2 is 1.86 bits per heavy atom. The van der Waals surface area contributed by atoms with Gasteiger partial charge in [-0.05, 0) is 57.4 Å². The fourth-order valence-electron chi connectivity index (χ4n) is 4.52. The molecule has 2 aliphatic rings. The third kappa shape index (κ3) is 3.25. The lowest BCUT2D eigenvalue weighted by Gasteiger charge is -2.51. The highest BCUT2D eigenvalue weighted by Gasteiger charge is 2.61. The number of fused-ring (bicyclic) bond motifs is 2. The van der Waals surface area contributed by atoms with Crippen LogP contribution in [0.25, 0.3) is 0 Å². The van der Waals surface area contributed by atoms with Crippen LogP contribution in [-0.4, -0.2) is 37.9 Å². The number of hydrogen-bond donors (Lipinski definition) is 0. The quantitative estimate of drug-likeness (QED) is 0.437. The smallest absolute Gasteiger partial charge is 0.323 e. The molecule has 0 N–H and O–H groups in total. The van der Waals surface area contributed by atoms with Gasteiger partial charge in [0.15, 0.2) is 5.41 Å². The van der Waals surface area contributed by atoms with Crippen molar-refractivity contribution >= 4 is 11.9 Å². The zero-order valence-corrected chi connectivity index (χ0v) is 17.0. The fraction of sp³-hybridized carbons (Fsp3) is 0.545. The normalized spacial score (nSPS) is 25.0. The van der Waals surface area contributed by atoms with Crippen molar-refractivity contribution in [3.8, 4) is 11.5 Å². The van der Waals surface area contributed by atoms with E-state index in [0.29, 0.717) is 6.42 Å². The lowest BCUT2D eigenvalue weighted by Crippen LogP contribution is -2.58. The molecule has 2 atom stereocenters. The van der Waals surface area contributed by atoms with Gasteiger partial charge >= 0.3 is 11.9 Å². The van der Waals surface area contributed by atoms with Crippen LogP contribution in [0.1, 0.15) is 39.2 Å². The van der Waals surface area contributed by atoms with Crippen molar-refractivity contribution in [2.24, 2.45) is 11.3 Å². The highest BCUT2D eigenvalue weighted by molar-refractivity contribution is 6.01. The Morgan fingerprint density at radius 3 is 2.43 bits per heavy atom. The van der Waals surface area contributed by atoms with Gasteiger partial charge < -0.3 is 18.9 Å². The summed E-state index contributed by atoms with van der Waals surface area (Å²) in [5.74, 6) is 0.330. The van der Waals surface area contributed by atoms with Crippen LogP contribution in [0.4, 0.5) is 0 Å². The molecule has 0 amide bonds. The summed E-state index contributed by atoms with van der Waals surface area (Å²) in [6.07, 6.45) is 1.10. The summed E-state index contributed by atoms with van der Waals surface area (Å²) in [5, 5.41) is 0. The summed E-state index contributed by atoms with van der Waals surface area (Å²) in [6.45, 7) is 9.97. The average Bonchev–Trinajstić information content (AvgIpc) is 2.66. The standard InChI is InChI=1S/C22H28O6/c1-6-26-19(23)22(20(24)27-7-2)12-14(3)17-11-15-10-16(25-5)8-9-18(15)28-21(17,4)13-22/h8-10,17H,3,6-7,11-13H2,1-2,4-5H3/t17-,21-/m0/s1. The Balaban J connectivity index is 2.01. The topological polar surface area (TPSA) is 71.1 Å². The van der Waals surface area contributed by atoms with Gasteiger partial charge in [0.05, 0.1) is 20.3 Å². The lowest BCUT2D eigenvalue weighted by molar-refractivity contribution is -0.181. The molecule has 1 aromatic rings. The molecular formula is C22H28O6. The van der Waals surface area contributed by atoms with Gasteiger partial charge in [-0.3, -0.25) is 9.59 Å². The van der Waals surface area contributed by atoms with Gasteiger partial charge in [0.2, 0.25) is 0 Å². The van der Waals surface area contributed by atoms with E-state index in [4.69, 9.17) is 18.9 Å². The highest BCUT2D eigenvalue weighted by atomic mass is 16.6. The first-order valence-electron chi connectivity index (χ1n) is 9.67. The van der Waals surface area contributed by atoms with Gasteiger partial charge in [0, 0.05) is 12.3 Å². The maximum Gasteiger partial charge on any atom is 0.323 e. The van der Waals surface area contributed by atoms with E-state index < -0.39 is 23.0 Å². The number of methoxy groups -OCH3 is 1. The maximum absolute atomic E-state index is 12.9. The first kappa shape index (κ1) is 20.2. The molecule has 1 aliphatic carbocycles. The molecule has 0 spiro atoms. The number of esters is 2. The molecule has 0 saturated heterocycles. The predicted molar refractivity (Wildman–Crippen MR) is 103 cm³/mol. The molecular weight excluding hydrogens is 360 g/mol. The number of carbonyl (C=O) groups is 2. The molecule has 0 bridgehead atoms. The summed E-state index contributed by atoms with van der Waals surface area (Å²) < 4.78 is 22.2. The van der Waals surface area contributed by atoms with E-state index in [2.05, 4.69) is 6.58 Å². The molecule has 1 aliphatic heterocycles. The first-order chi connectivity index (χ1) is 13.3. The molecule has 0 unspecified atom stereocenters. The van der Waals surface area contributed by atoms with Gasteiger partial charge in [-0.2, -0.15) is 0 Å². The average molecular weight is 388 g/mol. The molecule has 1 saturated carbocycles. The summed E-state index contributed by atoms with van der Waals surface area (Å²) in [7, 11) is 1.63. The van der Waals surface area contributed by atoms with Gasteiger partial charge in [-0.15, -0.1) is 0 Å². The van der Waals surface area contributed by atoms with Crippen molar-refractivity contribution in [1.82, 2.24) is 0 Å². The zero-order chi connectivity index (χ0) is 20.5. The number of carbonyl (C=O) groups excluding carboxylic acids is 2. The van der Waals surface area contributed by atoms with Crippen LogP contribution in [0.2, 0.25) is 0 Å². The lowest BCUT2D eigenvalue weighted by atomic mass is 9.59. The monoisotopic (exact) mass is 388 g/mol. The second-order valence-corrected chi connectivity index (χ2v) is 7.68. The summed E-state index contributed by atoms with van der Waals surface area (Å²) in [5.41, 5.74) is -0.375. The van der Waals surface area contributed by atoms with E-state index in [9.17, 15) is 9.59 Å². The molecule has 6 heteroatoms. The van der Waals surface area contributed by atoms with Crippen LogP contribution in [0, 0.1) is 11.3 Å². The molecule has 0 aromatic heterocycles. The fourth-order valence-corrected chi connectivity index (χ4v) is 4.52. The van der Waals surface area contributed by atoms with E-state index in [0.717, 1.165) is 22.6 Å². The molecule has 6 nitrogen and oxygen atoms in total. The van der Waals surface area contributed by atoms with E-state index >= 15 is 0 Å². The Morgan fingerprint density at radius 1 is 1.21 bits per heavy atom. The number of rotatable bonds is 5. The van der Waals surface area contributed by atoms with Crippen molar-refractivity contribution < 1.29 is 28.5 Å². The van der Waals surface area contributed by atoms with Crippen LogP contribution in [-0.2, 0) is 25.5 Å². The molecule has 1 fully saturated rings. The molecule has 1 heterocycles. The number of benzene rings is 1. The Bertz CT molecular complexity index is 780. The number of ether oxygens (including phenoxy) is 4. The summed E-state index contributed by atoms with van der Waals surface area (Å²) in [6, 6.07) is 5.66. The van der Waals surface area contributed by atoms with Crippen molar-refractivity contribution in [2.45, 2.75) is 45.6 Å². The van der Waals surface area contributed by atoms with Crippen molar-refractivity contribution in [3.05, 3.63) is 35.9 Å². The van der Waals surface area contributed by atoms with Crippen LogP contribution < -0.4 is 9.47 Å². The SMILES string of the molecule is C=C1CC(C(=O)OCC)(C(=O)OCC)C[C@]2(C)Oc3ccc(OC)cc3C[C@@H]12. The highest BCUT2D eigenvalue weighted by Crippen LogP contribution is 2.54. The largest absolute Gasteiger partial charge is 0.497 e. The molecule has 0 radical (unpaired) electrons. The third-order valence-corrected chi connectivity index (χ3v) is 5.78. The van der Waals surface area contributed by atoms with Gasteiger partial charge in [0.25, 0.3) is 0 Å². The van der Waals surface area contributed by atoms with E-state index in [1.807, 2.05) is 25.1 Å². The Kier molecular flexibility index (Phi) is 5.41. The van der Waals surface area contributed by atoms with Crippen molar-refractivity contribution in [1.29, 1.82) is 0 Å².